The van der Waals surface area contributed by atoms with Crippen LogP contribution in [0.4, 0.5) is 0 Å². The normalized spacial score (nSPS) is 12.7. The van der Waals surface area contributed by atoms with Gasteiger partial charge in [0.2, 0.25) is 10.0 Å². The first-order valence-electron chi connectivity index (χ1n) is 5.95. The van der Waals surface area contributed by atoms with Gasteiger partial charge in [0.1, 0.15) is 0 Å². The molecule has 1 unspecified atom stereocenters. The van der Waals surface area contributed by atoms with Gasteiger partial charge in [-0.1, -0.05) is 0 Å². The maximum absolute atomic E-state index is 11.8. The van der Waals surface area contributed by atoms with E-state index in [0.29, 0.717) is 0 Å². The summed E-state index contributed by atoms with van der Waals surface area (Å²) in [7, 11) is -3.97. The van der Waals surface area contributed by atoms with Gasteiger partial charge in [0.25, 0.3) is 0 Å². The van der Waals surface area contributed by atoms with Crippen LogP contribution in [0.2, 0.25) is 0 Å². The van der Waals surface area contributed by atoms with Gasteiger partial charge >= 0.3 is 11.9 Å². The molecule has 1 aromatic carbocycles. The number of sulfonamides is 1. The number of carbonyl (C=O) groups excluding carboxylic acids is 1. The second kappa shape index (κ2) is 7.16. The van der Waals surface area contributed by atoms with Crippen molar-refractivity contribution in [2.24, 2.45) is 0 Å². The number of aliphatic hydroxyl groups is 1. The van der Waals surface area contributed by atoms with Crippen molar-refractivity contribution < 1.29 is 33.0 Å². The minimum Gasteiger partial charge on any atom is -0.479 e. The lowest BCUT2D eigenvalue weighted by Gasteiger charge is -2.09. The van der Waals surface area contributed by atoms with Crippen LogP contribution in [0, 0.1) is 0 Å². The topological polar surface area (TPSA) is 130 Å². The van der Waals surface area contributed by atoms with Crippen LogP contribution in [0.5, 0.6) is 0 Å². The number of esters is 1. The lowest BCUT2D eigenvalue weighted by Crippen LogP contribution is -2.36. The fourth-order valence-electron chi connectivity index (χ4n) is 1.34. The summed E-state index contributed by atoms with van der Waals surface area (Å²) in [5.74, 6) is -2.11. The molecule has 9 heteroatoms. The zero-order valence-corrected chi connectivity index (χ0v) is 12.0. The molecule has 0 aliphatic carbocycles. The van der Waals surface area contributed by atoms with Gasteiger partial charge < -0.3 is 14.9 Å². The number of carboxylic acid groups (broad SMARTS) is 1. The number of hydrogen-bond acceptors (Lipinski definition) is 6. The fourth-order valence-corrected chi connectivity index (χ4v) is 2.38. The largest absolute Gasteiger partial charge is 0.479 e. The minimum atomic E-state index is -3.97. The van der Waals surface area contributed by atoms with Crippen molar-refractivity contribution in [3.63, 3.8) is 0 Å². The maximum Gasteiger partial charge on any atom is 0.338 e. The second-order valence-electron chi connectivity index (χ2n) is 3.95. The first-order valence-corrected chi connectivity index (χ1v) is 7.44. The molecule has 1 rings (SSSR count). The van der Waals surface area contributed by atoms with E-state index in [0.717, 1.165) is 0 Å². The standard InChI is InChI=1S/C12H15NO7S/c1-2-20-12(17)8-3-5-9(6-4-8)21(18,19)13-7-10(14)11(15)16/h3-6,10,13-14H,2,7H2,1H3,(H,15,16). The quantitative estimate of drug-likeness (QED) is 0.583. The molecule has 0 heterocycles. The van der Waals surface area contributed by atoms with Gasteiger partial charge in [-0.2, -0.15) is 0 Å². The first kappa shape index (κ1) is 17.1. The van der Waals surface area contributed by atoms with E-state index in [1.54, 1.807) is 6.92 Å². The van der Waals surface area contributed by atoms with Crippen LogP contribution in [0.25, 0.3) is 0 Å². The maximum atomic E-state index is 11.8. The predicted molar refractivity (Wildman–Crippen MR) is 71.2 cm³/mol. The van der Waals surface area contributed by atoms with Crippen molar-refractivity contribution in [2.75, 3.05) is 13.2 Å². The summed E-state index contributed by atoms with van der Waals surface area (Å²) in [4.78, 5) is 21.6. The molecule has 1 atom stereocenters. The Morgan fingerprint density at radius 3 is 2.33 bits per heavy atom. The van der Waals surface area contributed by atoms with Crippen molar-refractivity contribution in [1.82, 2.24) is 4.72 Å². The fraction of sp³-hybridized carbons (Fsp3) is 0.333. The van der Waals surface area contributed by atoms with Gasteiger partial charge in [0.15, 0.2) is 6.10 Å². The highest BCUT2D eigenvalue weighted by atomic mass is 32.2. The van der Waals surface area contributed by atoms with Crippen LogP contribution in [-0.2, 0) is 19.6 Å². The Kier molecular flexibility index (Phi) is 5.82. The molecule has 1 aromatic rings. The summed E-state index contributed by atoms with van der Waals surface area (Å²) in [6.07, 6.45) is -1.83. The van der Waals surface area contributed by atoms with E-state index in [4.69, 9.17) is 14.9 Å². The van der Waals surface area contributed by atoms with Gasteiger partial charge in [0, 0.05) is 6.54 Å². The minimum absolute atomic E-state index is 0.159. The van der Waals surface area contributed by atoms with E-state index in [2.05, 4.69) is 0 Å². The average Bonchev–Trinajstić information content (AvgIpc) is 2.45. The Labute approximate surface area is 121 Å². The van der Waals surface area contributed by atoms with Gasteiger partial charge in [0.05, 0.1) is 17.1 Å². The Hall–Kier alpha value is -1.97. The van der Waals surface area contributed by atoms with Gasteiger partial charge in [-0.3, -0.25) is 0 Å². The second-order valence-corrected chi connectivity index (χ2v) is 5.72. The number of carboxylic acids is 1. The molecule has 0 bridgehead atoms. The Balaban J connectivity index is 2.80. The third-order valence-corrected chi connectivity index (χ3v) is 3.87. The molecule has 0 radical (unpaired) electrons. The van der Waals surface area contributed by atoms with Crippen LogP contribution in [0.3, 0.4) is 0 Å². The molecule has 0 fully saturated rings. The van der Waals surface area contributed by atoms with E-state index < -0.39 is 34.6 Å². The molecule has 0 aliphatic rings. The van der Waals surface area contributed by atoms with E-state index >= 15 is 0 Å². The molecular formula is C12H15NO7S. The molecule has 3 N–H and O–H groups in total. The third kappa shape index (κ3) is 4.81. The molecule has 116 valence electrons. The molecule has 8 nitrogen and oxygen atoms in total. The SMILES string of the molecule is CCOC(=O)c1ccc(S(=O)(=O)NCC(O)C(=O)O)cc1. The van der Waals surface area contributed by atoms with Gasteiger partial charge in [-0.05, 0) is 31.2 Å². The summed E-state index contributed by atoms with van der Waals surface area (Å²) in [6, 6.07) is 4.92. The number of ether oxygens (including phenoxy) is 1. The average molecular weight is 317 g/mol. The van der Waals surface area contributed by atoms with Crippen LogP contribution in [-0.4, -0.2) is 49.8 Å². The highest BCUT2D eigenvalue weighted by molar-refractivity contribution is 7.89. The van der Waals surface area contributed by atoms with Crippen molar-refractivity contribution in [1.29, 1.82) is 0 Å². The molecule has 0 aliphatic heterocycles. The number of nitrogens with one attached hydrogen (secondary N) is 1. The number of benzene rings is 1. The molecular weight excluding hydrogens is 302 g/mol. The highest BCUT2D eigenvalue weighted by Gasteiger charge is 2.19. The zero-order valence-electron chi connectivity index (χ0n) is 11.1. The lowest BCUT2D eigenvalue weighted by atomic mass is 10.2. The van der Waals surface area contributed by atoms with Crippen molar-refractivity contribution >= 4 is 22.0 Å². The van der Waals surface area contributed by atoms with Crippen LogP contribution >= 0.6 is 0 Å². The Bertz CT molecular complexity index is 609. The van der Waals surface area contributed by atoms with E-state index in [-0.39, 0.29) is 17.1 Å². The Morgan fingerprint density at radius 2 is 1.86 bits per heavy atom. The molecule has 0 saturated carbocycles. The van der Waals surface area contributed by atoms with Crippen LogP contribution in [0.1, 0.15) is 17.3 Å². The molecule has 0 saturated heterocycles. The summed E-state index contributed by atoms with van der Waals surface area (Å²) in [5, 5.41) is 17.5. The third-order valence-electron chi connectivity index (χ3n) is 2.43. The van der Waals surface area contributed by atoms with E-state index in [1.807, 2.05) is 4.72 Å². The predicted octanol–water partition coefficient (Wildman–Crippen LogP) is -0.413. The van der Waals surface area contributed by atoms with E-state index in [1.165, 1.54) is 24.3 Å². The number of carbonyl (C=O) groups is 2. The molecule has 0 aromatic heterocycles. The zero-order chi connectivity index (χ0) is 16.0. The van der Waals surface area contributed by atoms with Crippen LogP contribution < -0.4 is 4.72 Å². The smallest absolute Gasteiger partial charge is 0.338 e. The van der Waals surface area contributed by atoms with Gasteiger partial charge in [-0.25, -0.2) is 22.7 Å². The molecule has 0 spiro atoms. The summed E-state index contributed by atoms with van der Waals surface area (Å²) < 4.78 is 30.4. The van der Waals surface area contributed by atoms with Crippen LogP contribution in [0.15, 0.2) is 29.2 Å². The van der Waals surface area contributed by atoms with Gasteiger partial charge in [-0.15, -0.1) is 0 Å². The highest BCUT2D eigenvalue weighted by Crippen LogP contribution is 2.11. The number of aliphatic carboxylic acids is 1. The Morgan fingerprint density at radius 1 is 1.29 bits per heavy atom. The number of aliphatic hydroxyl groups excluding tert-OH is 1. The first-order chi connectivity index (χ1) is 9.77. The monoisotopic (exact) mass is 317 g/mol. The van der Waals surface area contributed by atoms with Crippen molar-refractivity contribution in [3.05, 3.63) is 29.8 Å². The molecule has 0 amide bonds. The van der Waals surface area contributed by atoms with Crippen molar-refractivity contribution in [2.45, 2.75) is 17.9 Å². The number of rotatable bonds is 7. The summed E-state index contributed by atoms with van der Waals surface area (Å²) in [6.45, 7) is 1.19. The number of hydrogen-bond donors (Lipinski definition) is 3. The molecule has 21 heavy (non-hydrogen) atoms. The lowest BCUT2D eigenvalue weighted by molar-refractivity contribution is -0.146. The van der Waals surface area contributed by atoms with Crippen molar-refractivity contribution in [3.8, 4) is 0 Å². The summed E-state index contributed by atoms with van der Waals surface area (Å²) >= 11 is 0. The summed E-state index contributed by atoms with van der Waals surface area (Å²) in [5.41, 5.74) is 0.196. The van der Waals surface area contributed by atoms with E-state index in [9.17, 15) is 18.0 Å².